The summed E-state index contributed by atoms with van der Waals surface area (Å²) in [5, 5.41) is -0.217. The van der Waals surface area contributed by atoms with Gasteiger partial charge in [0.2, 0.25) is 0 Å². The van der Waals surface area contributed by atoms with Crippen LogP contribution in [0.3, 0.4) is 0 Å². The van der Waals surface area contributed by atoms with E-state index in [9.17, 15) is 14.7 Å². The van der Waals surface area contributed by atoms with Crippen molar-refractivity contribution in [2.75, 3.05) is 0 Å². The van der Waals surface area contributed by atoms with Gasteiger partial charge in [-0.3, -0.25) is 0 Å². The van der Waals surface area contributed by atoms with E-state index in [0.29, 0.717) is 4.47 Å². The number of benzene rings is 1. The minimum Gasteiger partial charge on any atom is -0.683 e. The smallest absolute Gasteiger partial charge is 0.683 e. The van der Waals surface area contributed by atoms with Crippen LogP contribution in [0.5, 0.6) is 0 Å². The third-order valence-corrected chi connectivity index (χ3v) is 3.64. The van der Waals surface area contributed by atoms with Crippen LogP contribution >= 0.6 is 39.8 Å². The average molecular weight is 360 g/mol. The number of rotatable bonds is 1. The Morgan fingerprint density at radius 1 is 1.00 bits per heavy atom. The third kappa shape index (κ3) is 5.71. The summed E-state index contributed by atoms with van der Waals surface area (Å²) in [5.74, 6) is 0. The van der Waals surface area contributed by atoms with Crippen LogP contribution in [-0.2, 0) is 0 Å². The second kappa shape index (κ2) is 7.75. The van der Waals surface area contributed by atoms with Crippen molar-refractivity contribution < 1.29 is 73.8 Å². The molecule has 0 heterocycles. The first kappa shape index (κ1) is 18.8. The van der Waals surface area contributed by atoms with E-state index in [2.05, 4.69) is 31.9 Å². The Bertz CT molecular complexity index is 306. The monoisotopic (exact) mass is 358 g/mol. The minimum absolute atomic E-state index is 0. The predicted molar refractivity (Wildman–Crippen MR) is 48.4 cm³/mol. The van der Waals surface area contributed by atoms with Gasteiger partial charge in [0.05, 0.1) is 9.78 Å². The SMILES string of the molecule is [Na+].[Na+].[O-][P+]([O-])([O-])c1ccc(Br)cc1Br. The molecule has 1 aromatic carbocycles. The number of halogens is 2. The molecular formula is C6H3Br2Na2O3P. The molecular weight excluding hydrogens is 357 g/mol. The first-order valence-electron chi connectivity index (χ1n) is 2.89. The Balaban J connectivity index is 0. The van der Waals surface area contributed by atoms with Gasteiger partial charge in [0.15, 0.2) is 0 Å². The molecule has 0 atom stereocenters. The van der Waals surface area contributed by atoms with Crippen molar-refractivity contribution in [3.63, 3.8) is 0 Å². The van der Waals surface area contributed by atoms with Crippen LogP contribution in [-0.4, -0.2) is 0 Å². The van der Waals surface area contributed by atoms with E-state index < -0.39 is 7.94 Å². The zero-order chi connectivity index (χ0) is 9.35. The zero-order valence-corrected chi connectivity index (χ0v) is 15.7. The van der Waals surface area contributed by atoms with Crippen LogP contribution in [0.4, 0.5) is 0 Å². The molecule has 0 bridgehead atoms. The first-order chi connectivity index (χ1) is 5.41. The quantitative estimate of drug-likeness (QED) is 0.370. The van der Waals surface area contributed by atoms with Gasteiger partial charge in [-0.05, 0) is 34.1 Å². The molecule has 0 amide bonds. The molecule has 1 aromatic rings. The van der Waals surface area contributed by atoms with Crippen molar-refractivity contribution >= 4 is 45.1 Å². The first-order valence-corrected chi connectivity index (χ1v) is 6.02. The standard InChI is InChI=1S/C6H5Br2O3P.2Na/c7-4-1-2-6(5(8)3-4)12(9,10)11;;/h1-3H,(H2,9,10,11);;/q;2*+1/p-2. The van der Waals surface area contributed by atoms with E-state index in [1.165, 1.54) is 18.2 Å². The zero-order valence-electron chi connectivity index (χ0n) is 7.66. The molecule has 0 saturated carbocycles. The molecule has 0 aliphatic heterocycles. The van der Waals surface area contributed by atoms with E-state index in [1.807, 2.05) is 0 Å². The van der Waals surface area contributed by atoms with Crippen LogP contribution < -0.4 is 79.1 Å². The predicted octanol–water partition coefficient (Wildman–Crippen LogP) is -6.31. The largest absolute Gasteiger partial charge is 1.00 e. The van der Waals surface area contributed by atoms with Gasteiger partial charge in [-0.25, -0.2) is 0 Å². The summed E-state index contributed by atoms with van der Waals surface area (Å²) in [7, 11) is -4.64. The molecule has 0 radical (unpaired) electrons. The Labute approximate surface area is 144 Å². The molecule has 0 aliphatic carbocycles. The Morgan fingerprint density at radius 3 is 1.86 bits per heavy atom. The van der Waals surface area contributed by atoms with E-state index in [-0.39, 0.29) is 68.9 Å². The van der Waals surface area contributed by atoms with Crippen molar-refractivity contribution in [3.8, 4) is 0 Å². The van der Waals surface area contributed by atoms with Crippen LogP contribution in [0, 0.1) is 0 Å². The van der Waals surface area contributed by atoms with Gasteiger partial charge in [0.25, 0.3) is 0 Å². The Hall–Kier alpha value is 2.49. The topological polar surface area (TPSA) is 69.2 Å². The summed E-state index contributed by atoms with van der Waals surface area (Å²) in [4.78, 5) is 31.8. The number of hydrogen-bond acceptors (Lipinski definition) is 3. The summed E-state index contributed by atoms with van der Waals surface area (Å²) >= 11 is 6.12. The molecule has 0 N–H and O–H groups in total. The molecule has 0 fully saturated rings. The summed E-state index contributed by atoms with van der Waals surface area (Å²) in [6.07, 6.45) is 0. The fourth-order valence-electron chi connectivity index (χ4n) is 0.703. The van der Waals surface area contributed by atoms with Gasteiger partial charge >= 0.3 is 59.1 Å². The normalized spacial score (nSPS) is 10.1. The maximum atomic E-state index is 10.6. The summed E-state index contributed by atoms with van der Waals surface area (Å²) in [6.45, 7) is 0. The second-order valence-corrected chi connectivity index (χ2v) is 5.34. The van der Waals surface area contributed by atoms with E-state index >= 15 is 0 Å². The summed E-state index contributed by atoms with van der Waals surface area (Å²) in [5.41, 5.74) is 0. The van der Waals surface area contributed by atoms with E-state index in [1.54, 1.807) is 0 Å². The van der Waals surface area contributed by atoms with Crippen LogP contribution in [0.1, 0.15) is 0 Å². The van der Waals surface area contributed by atoms with Crippen molar-refractivity contribution in [2.24, 2.45) is 0 Å². The molecule has 0 spiro atoms. The van der Waals surface area contributed by atoms with Gasteiger partial charge in [-0.2, -0.15) is 0 Å². The van der Waals surface area contributed by atoms with E-state index in [4.69, 9.17) is 0 Å². The third-order valence-electron chi connectivity index (χ3n) is 1.20. The molecule has 0 saturated heterocycles. The van der Waals surface area contributed by atoms with Crippen LogP contribution in [0.15, 0.2) is 27.1 Å². The second-order valence-electron chi connectivity index (χ2n) is 2.09. The van der Waals surface area contributed by atoms with Crippen LogP contribution in [0.2, 0.25) is 0 Å². The molecule has 1 rings (SSSR count). The molecule has 8 heteroatoms. The van der Waals surface area contributed by atoms with Gasteiger partial charge in [-0.1, -0.05) is 15.9 Å². The summed E-state index contributed by atoms with van der Waals surface area (Å²) < 4.78 is 0.997. The van der Waals surface area contributed by atoms with E-state index in [0.717, 1.165) is 0 Å². The molecule has 0 aromatic heterocycles. The van der Waals surface area contributed by atoms with Crippen molar-refractivity contribution in [2.45, 2.75) is 0 Å². The molecule has 0 unspecified atom stereocenters. The van der Waals surface area contributed by atoms with Crippen LogP contribution in [0.25, 0.3) is 0 Å². The van der Waals surface area contributed by atoms with Crippen molar-refractivity contribution in [3.05, 3.63) is 27.1 Å². The average Bonchev–Trinajstić information content (AvgIpc) is 1.83. The van der Waals surface area contributed by atoms with Crippen molar-refractivity contribution in [1.82, 2.24) is 0 Å². The van der Waals surface area contributed by atoms with Gasteiger partial charge in [-0.15, -0.1) is 7.94 Å². The fourth-order valence-corrected chi connectivity index (χ4v) is 2.99. The Morgan fingerprint density at radius 2 is 1.50 bits per heavy atom. The molecule has 3 nitrogen and oxygen atoms in total. The molecule has 66 valence electrons. The van der Waals surface area contributed by atoms with Gasteiger partial charge in [0, 0.05) is 4.47 Å². The fraction of sp³-hybridized carbons (Fsp3) is 0. The van der Waals surface area contributed by atoms with Gasteiger partial charge < -0.3 is 14.7 Å². The summed E-state index contributed by atoms with van der Waals surface area (Å²) in [6, 6.07) is 4.27. The minimum atomic E-state index is -4.64. The number of hydrogen-bond donors (Lipinski definition) is 0. The maximum absolute atomic E-state index is 10.6. The molecule has 0 aliphatic rings. The van der Waals surface area contributed by atoms with Crippen molar-refractivity contribution in [1.29, 1.82) is 0 Å². The Kier molecular flexibility index (Phi) is 10.4. The maximum Gasteiger partial charge on any atom is 1.00 e. The van der Waals surface area contributed by atoms with Gasteiger partial charge in [0.1, 0.15) is 0 Å². The molecule has 14 heavy (non-hydrogen) atoms.